The maximum Gasteiger partial charge on any atom is 0.322 e. The van der Waals surface area contributed by atoms with Crippen molar-refractivity contribution in [2.24, 2.45) is 5.73 Å². The van der Waals surface area contributed by atoms with Crippen LogP contribution in [0.1, 0.15) is 48.2 Å². The number of aliphatic carboxylic acids is 2. The van der Waals surface area contributed by atoms with E-state index in [0.29, 0.717) is 16.9 Å². The van der Waals surface area contributed by atoms with Gasteiger partial charge in [0, 0.05) is 30.8 Å². The van der Waals surface area contributed by atoms with Gasteiger partial charge in [0.05, 0.1) is 37.9 Å². The van der Waals surface area contributed by atoms with Crippen molar-refractivity contribution in [1.29, 1.82) is 5.41 Å². The number of rotatable bonds is 24. The highest BCUT2D eigenvalue weighted by atomic mass is 16.4. The zero-order valence-corrected chi connectivity index (χ0v) is 31.9. The number of anilines is 2. The number of fused-ring (bicyclic) bond motifs is 1. The molecule has 26 nitrogen and oxygen atoms in total. The van der Waals surface area contributed by atoms with E-state index in [0.717, 1.165) is 0 Å². The summed E-state index contributed by atoms with van der Waals surface area (Å²) in [5.74, 6) is -7.88. The molecule has 26 heteroatoms. The van der Waals surface area contributed by atoms with Crippen molar-refractivity contribution >= 4 is 76.1 Å². The third-order valence-corrected chi connectivity index (χ3v) is 7.92. The topological polar surface area (TPSA) is 421 Å². The van der Waals surface area contributed by atoms with Crippen molar-refractivity contribution in [2.75, 3.05) is 43.8 Å². The Labute approximate surface area is 339 Å². The number of hydrogen-bond donors (Lipinski definition) is 14. The van der Waals surface area contributed by atoms with E-state index in [1.807, 2.05) is 5.32 Å². The second-order valence-corrected chi connectivity index (χ2v) is 12.7. The average Bonchev–Trinajstić information content (AvgIpc) is 3.19. The van der Waals surface area contributed by atoms with E-state index in [1.54, 1.807) is 24.3 Å². The van der Waals surface area contributed by atoms with Crippen molar-refractivity contribution in [3.63, 3.8) is 0 Å². The minimum atomic E-state index is -1.65. The highest BCUT2D eigenvalue weighted by Gasteiger charge is 2.26. The van der Waals surface area contributed by atoms with Crippen LogP contribution in [0.25, 0.3) is 11.2 Å². The summed E-state index contributed by atoms with van der Waals surface area (Å²) < 4.78 is 0. The van der Waals surface area contributed by atoms with Crippen molar-refractivity contribution in [2.45, 2.75) is 50.7 Å². The van der Waals surface area contributed by atoms with Crippen LogP contribution in [0, 0.1) is 5.41 Å². The van der Waals surface area contributed by atoms with Gasteiger partial charge in [0.15, 0.2) is 17.1 Å². The molecule has 0 saturated heterocycles. The summed E-state index contributed by atoms with van der Waals surface area (Å²) in [5.41, 5.74) is 11.9. The predicted octanol–water partition coefficient (Wildman–Crippen LogP) is -4.44. The summed E-state index contributed by atoms with van der Waals surface area (Å²) in [6, 6.07) is 3.61. The number of carbonyl (C=O) groups excluding carboxylic acids is 6. The molecule has 2 heterocycles. The van der Waals surface area contributed by atoms with Crippen LogP contribution in [0.2, 0.25) is 0 Å². The van der Waals surface area contributed by atoms with Crippen LogP contribution in [-0.4, -0.2) is 128 Å². The Balaban J connectivity index is 1.40. The third-order valence-electron chi connectivity index (χ3n) is 7.92. The van der Waals surface area contributed by atoms with Crippen LogP contribution in [0.15, 0.2) is 35.3 Å². The summed E-state index contributed by atoms with van der Waals surface area (Å²) in [6.07, 6.45) is 0.946. The van der Waals surface area contributed by atoms with E-state index in [-0.39, 0.29) is 68.4 Å². The number of carboxylic acid groups (broad SMARTS) is 2. The number of guanidine groups is 1. The summed E-state index contributed by atoms with van der Waals surface area (Å²) in [7, 11) is 0. The van der Waals surface area contributed by atoms with Gasteiger partial charge < -0.3 is 64.2 Å². The lowest BCUT2D eigenvalue weighted by molar-refractivity contribution is -0.141. The Morgan fingerprint density at radius 3 is 2.07 bits per heavy atom. The number of nitrogens with zero attached hydrogens (tertiary/aromatic N) is 3. The minimum absolute atomic E-state index is 0.00991. The SMILES string of the molecule is N=C(N)NCCC[C@H](NC(=O)CNC(=O)CCCNC(=O)c1ccc(NCc2cnc3nc(N)[nH]c(=O)c3n2)cc1)C(=O)NCC(=O)N[C@@H](CC(=O)O)C(=O)NCC(=O)O. The Hall–Kier alpha value is -7.93. The third kappa shape index (κ3) is 16.7. The van der Waals surface area contributed by atoms with Crippen molar-refractivity contribution in [1.82, 2.24) is 57.2 Å². The van der Waals surface area contributed by atoms with Gasteiger partial charge in [-0.3, -0.25) is 53.5 Å². The Bertz CT molecular complexity index is 2130. The molecule has 0 unspecified atom stereocenters. The van der Waals surface area contributed by atoms with Crippen LogP contribution in [0.4, 0.5) is 11.6 Å². The van der Waals surface area contributed by atoms with Gasteiger partial charge in [-0.1, -0.05) is 0 Å². The molecule has 60 heavy (non-hydrogen) atoms. The molecule has 0 aliphatic carbocycles. The van der Waals surface area contributed by atoms with Gasteiger partial charge in [-0.25, -0.2) is 9.97 Å². The molecule has 0 spiro atoms. The lowest BCUT2D eigenvalue weighted by Crippen LogP contribution is -2.53. The summed E-state index contributed by atoms with van der Waals surface area (Å²) in [4.78, 5) is 124. The van der Waals surface area contributed by atoms with Gasteiger partial charge >= 0.3 is 11.9 Å². The number of carbonyl (C=O) groups is 8. The molecule has 3 aromatic rings. The lowest BCUT2D eigenvalue weighted by atomic mass is 10.1. The smallest absolute Gasteiger partial charge is 0.322 e. The molecular weight excluding hydrogens is 794 g/mol. The van der Waals surface area contributed by atoms with E-state index >= 15 is 0 Å². The lowest BCUT2D eigenvalue weighted by Gasteiger charge is -2.20. The standard InChI is InChI=1S/C34H45N15O11/c35-33(36)39-10-1-3-20(30(58)43-15-24(52)47-21(11-25(53)54)31(59)44-16-26(55)56)46-23(51)14-41-22(50)4-2-9-38-29(57)17-5-7-18(8-6-17)40-12-19-13-42-28-27(45-19)32(60)49-34(37)48-28/h5-8,13,20-21,40H,1-4,9-12,14-16H2,(H,38,57)(H,41,50)(H,43,58)(H,44,59)(H,46,51)(H,47,52)(H,53,54)(H,55,56)(H4,35,36,39)(H3,37,42,48,49,60)/t20-,21-/m0/s1. The first kappa shape index (κ1) is 46.5. The number of nitrogens with one attached hydrogen (secondary N) is 10. The van der Waals surface area contributed by atoms with Gasteiger partial charge in [0.1, 0.15) is 18.6 Å². The van der Waals surface area contributed by atoms with Gasteiger partial charge in [-0.2, -0.15) is 4.98 Å². The molecule has 0 bridgehead atoms. The van der Waals surface area contributed by atoms with Crippen LogP contribution in [0.3, 0.4) is 0 Å². The quantitative estimate of drug-likeness (QED) is 0.0230. The largest absolute Gasteiger partial charge is 0.481 e. The van der Waals surface area contributed by atoms with Crippen LogP contribution in [0.5, 0.6) is 0 Å². The van der Waals surface area contributed by atoms with Gasteiger partial charge in [-0.05, 0) is 43.5 Å². The van der Waals surface area contributed by atoms with Crippen molar-refractivity contribution in [3.05, 3.63) is 52.1 Å². The molecule has 0 aliphatic heterocycles. The molecule has 0 radical (unpaired) electrons. The van der Waals surface area contributed by atoms with Gasteiger partial charge in [0.2, 0.25) is 35.5 Å². The summed E-state index contributed by atoms with van der Waals surface area (Å²) in [6.45, 7) is -1.60. The van der Waals surface area contributed by atoms with E-state index in [9.17, 15) is 43.2 Å². The molecule has 16 N–H and O–H groups in total. The fraction of sp³-hybridized carbons (Fsp3) is 0.382. The first-order chi connectivity index (χ1) is 28.5. The first-order valence-corrected chi connectivity index (χ1v) is 18.1. The minimum Gasteiger partial charge on any atom is -0.481 e. The molecule has 2 aromatic heterocycles. The number of aromatic amines is 1. The first-order valence-electron chi connectivity index (χ1n) is 18.1. The zero-order chi connectivity index (χ0) is 44.2. The van der Waals surface area contributed by atoms with Crippen LogP contribution in [-0.2, 0) is 40.1 Å². The number of nitrogen functional groups attached to an aromatic ring is 1. The fourth-order valence-electron chi connectivity index (χ4n) is 5.06. The maximum absolute atomic E-state index is 12.9. The van der Waals surface area contributed by atoms with Crippen LogP contribution < -0.4 is 59.6 Å². The number of aromatic nitrogens is 4. The molecule has 6 amide bonds. The van der Waals surface area contributed by atoms with Gasteiger partial charge in [0.25, 0.3) is 11.5 Å². The summed E-state index contributed by atoms with van der Waals surface area (Å²) in [5, 5.41) is 44.5. The number of amides is 6. The predicted molar refractivity (Wildman–Crippen MR) is 210 cm³/mol. The number of benzene rings is 1. The highest BCUT2D eigenvalue weighted by molar-refractivity contribution is 5.95. The number of nitrogens with two attached hydrogens (primary N) is 2. The zero-order valence-electron chi connectivity index (χ0n) is 31.9. The second-order valence-electron chi connectivity index (χ2n) is 12.7. The molecule has 0 aliphatic rings. The monoisotopic (exact) mass is 839 g/mol. The summed E-state index contributed by atoms with van der Waals surface area (Å²) >= 11 is 0. The number of H-pyrrole nitrogens is 1. The maximum atomic E-state index is 12.9. The van der Waals surface area contributed by atoms with Gasteiger partial charge in [-0.15, -0.1) is 0 Å². The molecule has 2 atom stereocenters. The number of hydrogen-bond acceptors (Lipinski definition) is 15. The molecular formula is C34H45N15O11. The van der Waals surface area contributed by atoms with Crippen LogP contribution >= 0.6 is 0 Å². The molecule has 0 fully saturated rings. The normalized spacial score (nSPS) is 11.5. The van der Waals surface area contributed by atoms with E-state index < -0.39 is 91.1 Å². The van der Waals surface area contributed by atoms with Crippen molar-refractivity contribution < 1.29 is 48.6 Å². The van der Waals surface area contributed by atoms with E-state index in [1.165, 1.54) is 6.20 Å². The molecule has 322 valence electrons. The number of carboxylic acids is 2. The highest BCUT2D eigenvalue weighted by Crippen LogP contribution is 2.12. The Morgan fingerprint density at radius 2 is 1.40 bits per heavy atom. The molecule has 3 rings (SSSR count). The fourth-order valence-corrected chi connectivity index (χ4v) is 5.06. The molecule has 0 saturated carbocycles. The Morgan fingerprint density at radius 1 is 0.767 bits per heavy atom. The second kappa shape index (κ2) is 23.3. The Kier molecular flexibility index (Phi) is 18.1. The molecule has 1 aromatic carbocycles. The van der Waals surface area contributed by atoms with Crippen molar-refractivity contribution in [3.8, 4) is 0 Å². The average molecular weight is 840 g/mol. The van der Waals surface area contributed by atoms with E-state index in [4.69, 9.17) is 27.1 Å². The van der Waals surface area contributed by atoms with E-state index in [2.05, 4.69) is 57.2 Å².